The summed E-state index contributed by atoms with van der Waals surface area (Å²) in [4.78, 5) is 11.3. The van der Waals surface area contributed by atoms with E-state index in [1.807, 2.05) is 12.1 Å². The van der Waals surface area contributed by atoms with Gasteiger partial charge in [-0.05, 0) is 30.5 Å². The maximum Gasteiger partial charge on any atom is 0.513 e. The third-order valence-corrected chi connectivity index (χ3v) is 2.62. The summed E-state index contributed by atoms with van der Waals surface area (Å²) >= 11 is 5.87. The van der Waals surface area contributed by atoms with Gasteiger partial charge in [-0.25, -0.2) is 4.79 Å². The highest BCUT2D eigenvalue weighted by atomic mass is 35.5. The predicted octanol–water partition coefficient (Wildman–Crippen LogP) is 3.91. The van der Waals surface area contributed by atoms with Gasteiger partial charge >= 0.3 is 6.16 Å². The molecule has 17 heavy (non-hydrogen) atoms. The fourth-order valence-electron chi connectivity index (χ4n) is 1.60. The van der Waals surface area contributed by atoms with Crippen molar-refractivity contribution in [3.8, 4) is 5.75 Å². The summed E-state index contributed by atoms with van der Waals surface area (Å²) in [6.07, 6.45) is 1.13. The first kappa shape index (κ1) is 13.8. The van der Waals surface area contributed by atoms with Crippen molar-refractivity contribution < 1.29 is 14.3 Å². The number of carbonyl (C=O) groups is 1. The van der Waals surface area contributed by atoms with E-state index in [0.717, 1.165) is 24.0 Å². The van der Waals surface area contributed by atoms with Gasteiger partial charge in [0.2, 0.25) is 0 Å². The normalized spacial score (nSPS) is 10.1. The van der Waals surface area contributed by atoms with E-state index in [1.54, 1.807) is 13.0 Å². The van der Waals surface area contributed by atoms with Crippen molar-refractivity contribution in [3.63, 3.8) is 0 Å². The maximum atomic E-state index is 11.3. The molecule has 1 rings (SSSR count). The second kappa shape index (κ2) is 7.17. The van der Waals surface area contributed by atoms with Gasteiger partial charge in [0.1, 0.15) is 5.75 Å². The van der Waals surface area contributed by atoms with Gasteiger partial charge in [0, 0.05) is 5.88 Å². The number of benzene rings is 1. The van der Waals surface area contributed by atoms with Crippen molar-refractivity contribution >= 4 is 17.8 Å². The van der Waals surface area contributed by atoms with Crippen LogP contribution in [0.3, 0.4) is 0 Å². The molecule has 0 atom stereocenters. The van der Waals surface area contributed by atoms with Crippen LogP contribution in [0.1, 0.15) is 31.4 Å². The van der Waals surface area contributed by atoms with Crippen LogP contribution in [0.15, 0.2) is 18.2 Å². The highest BCUT2D eigenvalue weighted by Crippen LogP contribution is 2.25. The quantitative estimate of drug-likeness (QED) is 0.455. The minimum absolute atomic E-state index is 0.303. The molecule has 0 N–H and O–H groups in total. The van der Waals surface area contributed by atoms with Crippen LogP contribution in [0.25, 0.3) is 0 Å². The molecule has 94 valence electrons. The SMILES string of the molecule is CCCc1c(CCl)cccc1OC(=O)OCC. The topological polar surface area (TPSA) is 35.5 Å². The lowest BCUT2D eigenvalue weighted by Gasteiger charge is -2.12. The molecule has 0 aliphatic carbocycles. The summed E-state index contributed by atoms with van der Waals surface area (Å²) in [7, 11) is 0. The van der Waals surface area contributed by atoms with Gasteiger partial charge in [-0.2, -0.15) is 0 Å². The van der Waals surface area contributed by atoms with Crippen molar-refractivity contribution in [1.29, 1.82) is 0 Å². The molecule has 1 aromatic rings. The molecular weight excluding hydrogens is 240 g/mol. The zero-order chi connectivity index (χ0) is 12.7. The lowest BCUT2D eigenvalue weighted by molar-refractivity contribution is 0.104. The van der Waals surface area contributed by atoms with Gasteiger partial charge in [-0.15, -0.1) is 11.6 Å². The number of alkyl halides is 1. The van der Waals surface area contributed by atoms with Gasteiger partial charge < -0.3 is 9.47 Å². The number of hydrogen-bond acceptors (Lipinski definition) is 3. The molecule has 0 saturated carbocycles. The molecule has 0 bridgehead atoms. The van der Waals surface area contributed by atoms with Crippen LogP contribution >= 0.6 is 11.6 Å². The minimum atomic E-state index is -0.670. The van der Waals surface area contributed by atoms with E-state index in [-0.39, 0.29) is 0 Å². The molecule has 0 radical (unpaired) electrons. The summed E-state index contributed by atoms with van der Waals surface area (Å²) in [5.41, 5.74) is 1.98. The molecule has 3 nitrogen and oxygen atoms in total. The van der Waals surface area contributed by atoms with Crippen LogP contribution < -0.4 is 4.74 Å². The minimum Gasteiger partial charge on any atom is -0.434 e. The fourth-order valence-corrected chi connectivity index (χ4v) is 1.85. The smallest absolute Gasteiger partial charge is 0.434 e. The third-order valence-electron chi connectivity index (χ3n) is 2.33. The van der Waals surface area contributed by atoms with Crippen LogP contribution in [-0.4, -0.2) is 12.8 Å². The summed E-state index contributed by atoms with van der Waals surface area (Å²) in [5, 5.41) is 0. The molecule has 0 unspecified atom stereocenters. The highest BCUT2D eigenvalue weighted by molar-refractivity contribution is 6.17. The van der Waals surface area contributed by atoms with Gasteiger partial charge in [0.25, 0.3) is 0 Å². The van der Waals surface area contributed by atoms with E-state index in [9.17, 15) is 4.79 Å². The average Bonchev–Trinajstić information content (AvgIpc) is 2.32. The van der Waals surface area contributed by atoms with Gasteiger partial charge in [-0.3, -0.25) is 0 Å². The molecule has 0 fully saturated rings. The van der Waals surface area contributed by atoms with Crippen LogP contribution in [0.5, 0.6) is 5.75 Å². The Morgan fingerprint density at radius 1 is 1.35 bits per heavy atom. The summed E-state index contributed by atoms with van der Waals surface area (Å²) in [6.45, 7) is 4.11. The van der Waals surface area contributed by atoms with Crippen molar-refractivity contribution in [1.82, 2.24) is 0 Å². The monoisotopic (exact) mass is 256 g/mol. The Labute approximate surface area is 107 Å². The maximum absolute atomic E-state index is 11.3. The van der Waals surface area contributed by atoms with Crippen LogP contribution in [0.4, 0.5) is 4.79 Å². The third kappa shape index (κ3) is 3.93. The number of carbonyl (C=O) groups excluding carboxylic acids is 1. The molecule has 0 aliphatic heterocycles. The Morgan fingerprint density at radius 2 is 2.12 bits per heavy atom. The number of halogens is 1. The van der Waals surface area contributed by atoms with Crippen molar-refractivity contribution in [3.05, 3.63) is 29.3 Å². The van der Waals surface area contributed by atoms with Crippen LogP contribution in [0.2, 0.25) is 0 Å². The summed E-state index contributed by atoms with van der Waals surface area (Å²) in [6, 6.07) is 5.53. The Morgan fingerprint density at radius 3 is 2.71 bits per heavy atom. The van der Waals surface area contributed by atoms with Crippen LogP contribution in [0, 0.1) is 0 Å². The van der Waals surface area contributed by atoms with E-state index in [2.05, 4.69) is 6.92 Å². The predicted molar refractivity (Wildman–Crippen MR) is 67.6 cm³/mol. The zero-order valence-corrected chi connectivity index (χ0v) is 10.9. The molecule has 0 saturated heterocycles. The largest absolute Gasteiger partial charge is 0.513 e. The zero-order valence-electron chi connectivity index (χ0n) is 10.2. The molecule has 4 heteroatoms. The molecule has 0 aliphatic rings. The number of ether oxygens (including phenoxy) is 2. The average molecular weight is 257 g/mol. The Hall–Kier alpha value is -1.22. The lowest BCUT2D eigenvalue weighted by atomic mass is 10.0. The second-order valence-electron chi connectivity index (χ2n) is 3.56. The van der Waals surface area contributed by atoms with Gasteiger partial charge in [-0.1, -0.05) is 25.5 Å². The molecule has 0 aromatic heterocycles. The Kier molecular flexibility index (Phi) is 5.84. The van der Waals surface area contributed by atoms with E-state index in [0.29, 0.717) is 18.2 Å². The standard InChI is InChI=1S/C13H17ClO3/c1-3-6-11-10(9-14)7-5-8-12(11)17-13(15)16-4-2/h5,7-8H,3-4,6,9H2,1-2H3. The van der Waals surface area contributed by atoms with E-state index >= 15 is 0 Å². The van der Waals surface area contributed by atoms with Crippen molar-refractivity contribution in [2.75, 3.05) is 6.61 Å². The summed E-state index contributed by atoms with van der Waals surface area (Å²) in [5.74, 6) is 0.957. The fraction of sp³-hybridized carbons (Fsp3) is 0.462. The second-order valence-corrected chi connectivity index (χ2v) is 3.83. The molecule has 0 amide bonds. The first-order chi connectivity index (χ1) is 8.22. The molecule has 0 heterocycles. The van der Waals surface area contributed by atoms with Gasteiger partial charge in [0.15, 0.2) is 0 Å². The first-order valence-electron chi connectivity index (χ1n) is 5.74. The molecule has 0 spiro atoms. The van der Waals surface area contributed by atoms with Crippen LogP contribution in [-0.2, 0) is 17.0 Å². The first-order valence-corrected chi connectivity index (χ1v) is 6.27. The number of hydrogen-bond donors (Lipinski definition) is 0. The van der Waals surface area contributed by atoms with Crippen molar-refractivity contribution in [2.45, 2.75) is 32.6 Å². The van der Waals surface area contributed by atoms with Gasteiger partial charge in [0.05, 0.1) is 6.61 Å². The number of rotatable bonds is 5. The Bertz CT molecular complexity index is 377. The lowest BCUT2D eigenvalue weighted by Crippen LogP contribution is -2.12. The Balaban J connectivity index is 2.93. The van der Waals surface area contributed by atoms with Crippen molar-refractivity contribution in [2.24, 2.45) is 0 Å². The van der Waals surface area contributed by atoms with E-state index in [4.69, 9.17) is 21.1 Å². The summed E-state index contributed by atoms with van der Waals surface area (Å²) < 4.78 is 9.92. The van der Waals surface area contributed by atoms with E-state index < -0.39 is 6.16 Å². The highest BCUT2D eigenvalue weighted by Gasteiger charge is 2.12. The molecular formula is C13H17ClO3. The van der Waals surface area contributed by atoms with E-state index in [1.165, 1.54) is 0 Å². The molecule has 1 aromatic carbocycles.